The first-order chi connectivity index (χ1) is 9.45. The van der Waals surface area contributed by atoms with Gasteiger partial charge in [-0.05, 0) is 44.0 Å². The van der Waals surface area contributed by atoms with Gasteiger partial charge in [0.15, 0.2) is 6.10 Å². The first kappa shape index (κ1) is 14.8. The summed E-state index contributed by atoms with van der Waals surface area (Å²) in [7, 11) is 0. The Kier molecular flexibility index (Phi) is 4.65. The number of ether oxygens (including phenoxy) is 1. The van der Waals surface area contributed by atoms with E-state index in [1.54, 1.807) is 19.1 Å². The number of halogens is 1. The molecule has 6 heteroatoms. The Hall–Kier alpha value is -1.56. The highest BCUT2D eigenvalue weighted by Gasteiger charge is 2.36. The normalized spacial score (nSPS) is 22.5. The van der Waals surface area contributed by atoms with E-state index in [1.165, 1.54) is 0 Å². The highest BCUT2D eigenvalue weighted by Crippen LogP contribution is 2.27. The molecule has 1 aliphatic rings. The summed E-state index contributed by atoms with van der Waals surface area (Å²) in [5.74, 6) is -0.729. The van der Waals surface area contributed by atoms with Crippen molar-refractivity contribution in [3.63, 3.8) is 0 Å². The zero-order chi connectivity index (χ0) is 14.7. The molecule has 1 atom stereocenters. The molecule has 2 N–H and O–H groups in total. The molecule has 1 unspecified atom stereocenters. The molecule has 108 valence electrons. The van der Waals surface area contributed by atoms with Crippen LogP contribution in [-0.2, 0) is 9.59 Å². The highest BCUT2D eigenvalue weighted by molar-refractivity contribution is 9.10. The number of nitrogens with one attached hydrogen (secondary N) is 1. The predicted octanol–water partition coefficient (Wildman–Crippen LogP) is 2.20. The molecule has 1 amide bonds. The van der Waals surface area contributed by atoms with Crippen LogP contribution in [0.15, 0.2) is 28.7 Å². The van der Waals surface area contributed by atoms with Crippen molar-refractivity contribution >= 4 is 27.8 Å². The van der Waals surface area contributed by atoms with Gasteiger partial charge in [0.1, 0.15) is 5.75 Å². The zero-order valence-electron chi connectivity index (χ0n) is 11.0. The number of benzene rings is 1. The van der Waals surface area contributed by atoms with E-state index in [0.29, 0.717) is 18.6 Å². The van der Waals surface area contributed by atoms with Crippen molar-refractivity contribution in [1.29, 1.82) is 0 Å². The summed E-state index contributed by atoms with van der Waals surface area (Å²) in [6.45, 7) is 1.67. The maximum absolute atomic E-state index is 11.9. The second kappa shape index (κ2) is 6.26. The third-order valence-corrected chi connectivity index (χ3v) is 3.86. The fourth-order valence-corrected chi connectivity index (χ4v) is 2.29. The summed E-state index contributed by atoms with van der Waals surface area (Å²) >= 11 is 3.32. The molecule has 0 bridgehead atoms. The molecule has 20 heavy (non-hydrogen) atoms. The first-order valence-electron chi connectivity index (χ1n) is 6.41. The molecule has 0 saturated heterocycles. The molecule has 0 radical (unpaired) electrons. The van der Waals surface area contributed by atoms with Gasteiger partial charge in [0.05, 0.1) is 5.92 Å². The van der Waals surface area contributed by atoms with Gasteiger partial charge in [0, 0.05) is 10.5 Å². The number of aliphatic carboxylic acids is 1. The zero-order valence-corrected chi connectivity index (χ0v) is 12.6. The van der Waals surface area contributed by atoms with Gasteiger partial charge < -0.3 is 15.2 Å². The molecule has 5 nitrogen and oxygen atoms in total. The Balaban J connectivity index is 1.78. The monoisotopic (exact) mass is 341 g/mol. The molecule has 1 aromatic rings. The smallest absolute Gasteiger partial charge is 0.306 e. The van der Waals surface area contributed by atoms with Gasteiger partial charge in [0.2, 0.25) is 0 Å². The van der Waals surface area contributed by atoms with Crippen LogP contribution in [0.25, 0.3) is 0 Å². The lowest BCUT2D eigenvalue weighted by Crippen LogP contribution is -2.50. The first-order valence-corrected chi connectivity index (χ1v) is 7.20. The van der Waals surface area contributed by atoms with Crippen molar-refractivity contribution < 1.29 is 19.4 Å². The maximum Gasteiger partial charge on any atom is 0.306 e. The van der Waals surface area contributed by atoms with Gasteiger partial charge in [-0.1, -0.05) is 15.9 Å². The van der Waals surface area contributed by atoms with Gasteiger partial charge in [-0.3, -0.25) is 9.59 Å². The van der Waals surface area contributed by atoms with E-state index in [9.17, 15) is 9.59 Å². The minimum Gasteiger partial charge on any atom is -0.481 e. The van der Waals surface area contributed by atoms with Crippen LogP contribution < -0.4 is 10.1 Å². The summed E-state index contributed by atoms with van der Waals surface area (Å²) in [5, 5.41) is 11.6. The average Bonchev–Trinajstić information content (AvgIpc) is 2.35. The Morgan fingerprint density at radius 3 is 2.50 bits per heavy atom. The second-order valence-electron chi connectivity index (χ2n) is 4.93. The van der Waals surface area contributed by atoms with E-state index >= 15 is 0 Å². The third-order valence-electron chi connectivity index (χ3n) is 3.33. The molecule has 2 rings (SSSR count). The van der Waals surface area contributed by atoms with Crippen molar-refractivity contribution in [2.45, 2.75) is 31.9 Å². The number of carbonyl (C=O) groups excluding carboxylic acids is 1. The van der Waals surface area contributed by atoms with E-state index in [-0.39, 0.29) is 17.9 Å². The van der Waals surface area contributed by atoms with Crippen molar-refractivity contribution in [3.05, 3.63) is 28.7 Å². The number of amides is 1. The van der Waals surface area contributed by atoms with Crippen LogP contribution in [-0.4, -0.2) is 29.1 Å². The molecule has 0 heterocycles. The van der Waals surface area contributed by atoms with Crippen molar-refractivity contribution in [2.75, 3.05) is 0 Å². The van der Waals surface area contributed by atoms with Gasteiger partial charge in [-0.2, -0.15) is 0 Å². The summed E-state index contributed by atoms with van der Waals surface area (Å²) in [4.78, 5) is 22.6. The van der Waals surface area contributed by atoms with Gasteiger partial charge in [-0.15, -0.1) is 0 Å². The topological polar surface area (TPSA) is 75.6 Å². The van der Waals surface area contributed by atoms with Crippen LogP contribution in [0.3, 0.4) is 0 Å². The van der Waals surface area contributed by atoms with Crippen LogP contribution in [0.5, 0.6) is 5.75 Å². The lowest BCUT2D eigenvalue weighted by Gasteiger charge is -2.33. The van der Waals surface area contributed by atoms with Crippen LogP contribution in [0.4, 0.5) is 0 Å². The molecule has 1 fully saturated rings. The summed E-state index contributed by atoms with van der Waals surface area (Å²) < 4.78 is 6.47. The van der Waals surface area contributed by atoms with E-state index in [0.717, 1.165) is 4.47 Å². The predicted molar refractivity (Wildman–Crippen MR) is 76.5 cm³/mol. The van der Waals surface area contributed by atoms with Crippen LogP contribution >= 0.6 is 15.9 Å². The molecular weight excluding hydrogens is 326 g/mol. The second-order valence-corrected chi connectivity index (χ2v) is 5.84. The summed E-state index contributed by atoms with van der Waals surface area (Å²) in [6, 6.07) is 7.17. The minimum absolute atomic E-state index is 0.0560. The Morgan fingerprint density at radius 2 is 1.95 bits per heavy atom. The average molecular weight is 342 g/mol. The molecule has 0 aliphatic heterocycles. The van der Waals surface area contributed by atoms with Crippen LogP contribution in [0.1, 0.15) is 19.8 Å². The van der Waals surface area contributed by atoms with E-state index in [2.05, 4.69) is 21.2 Å². The quantitative estimate of drug-likeness (QED) is 0.860. The summed E-state index contributed by atoms with van der Waals surface area (Å²) in [6.07, 6.45) is 0.373. The lowest BCUT2D eigenvalue weighted by atomic mass is 9.80. The van der Waals surface area contributed by atoms with Gasteiger partial charge in [0.25, 0.3) is 5.91 Å². The highest BCUT2D eigenvalue weighted by atomic mass is 79.9. The molecule has 0 aromatic heterocycles. The maximum atomic E-state index is 11.9. The van der Waals surface area contributed by atoms with Crippen LogP contribution in [0, 0.1) is 5.92 Å². The number of carboxylic acids is 1. The van der Waals surface area contributed by atoms with E-state index in [4.69, 9.17) is 9.84 Å². The number of carboxylic acid groups (broad SMARTS) is 1. The fraction of sp³-hybridized carbons (Fsp3) is 0.429. The SMILES string of the molecule is CC(Oc1ccc(Br)cc1)C(=O)NC1CC(C(=O)O)C1. The fourth-order valence-electron chi connectivity index (χ4n) is 2.03. The number of rotatable bonds is 5. The van der Waals surface area contributed by atoms with Crippen molar-refractivity contribution in [3.8, 4) is 5.75 Å². The van der Waals surface area contributed by atoms with E-state index < -0.39 is 12.1 Å². The largest absolute Gasteiger partial charge is 0.481 e. The molecule has 0 spiro atoms. The van der Waals surface area contributed by atoms with Gasteiger partial charge >= 0.3 is 5.97 Å². The number of carbonyl (C=O) groups is 2. The van der Waals surface area contributed by atoms with Crippen molar-refractivity contribution in [2.24, 2.45) is 5.92 Å². The number of hydrogen-bond acceptors (Lipinski definition) is 3. The van der Waals surface area contributed by atoms with Gasteiger partial charge in [-0.25, -0.2) is 0 Å². The molecule has 1 saturated carbocycles. The third kappa shape index (κ3) is 3.72. The Morgan fingerprint density at radius 1 is 1.35 bits per heavy atom. The molecule has 1 aromatic carbocycles. The molecule has 1 aliphatic carbocycles. The Labute approximate surface area is 125 Å². The summed E-state index contributed by atoms with van der Waals surface area (Å²) in [5.41, 5.74) is 0. The standard InChI is InChI=1S/C14H16BrNO4/c1-8(20-12-4-2-10(15)3-5-12)13(17)16-11-6-9(7-11)14(18)19/h2-5,8-9,11H,6-7H2,1H3,(H,16,17)(H,18,19). The van der Waals surface area contributed by atoms with Crippen molar-refractivity contribution in [1.82, 2.24) is 5.32 Å². The minimum atomic E-state index is -0.797. The lowest BCUT2D eigenvalue weighted by molar-refractivity contribution is -0.146. The molecular formula is C14H16BrNO4. The van der Waals surface area contributed by atoms with E-state index in [1.807, 2.05) is 12.1 Å². The van der Waals surface area contributed by atoms with Crippen LogP contribution in [0.2, 0.25) is 0 Å². The Bertz CT molecular complexity index is 496. The number of hydrogen-bond donors (Lipinski definition) is 2.